The second-order valence-corrected chi connectivity index (χ2v) is 8.28. The SMILES string of the molecule is CC.CC/C=C\C(C)/C=C/c1n[nH]c2cc(C)c(N/C(=C/CC)OCCN3CCOCC3)cc12. The fraction of sp³-hybridized carbons (Fsp3) is 0.536. The average Bonchev–Trinajstić information content (AvgIpc) is 3.25. The highest BCUT2D eigenvalue weighted by molar-refractivity contribution is 5.90. The van der Waals surface area contributed by atoms with Gasteiger partial charge < -0.3 is 14.8 Å². The summed E-state index contributed by atoms with van der Waals surface area (Å²) in [5.41, 5.74) is 4.18. The molecule has 0 saturated carbocycles. The van der Waals surface area contributed by atoms with Crippen LogP contribution in [0.5, 0.6) is 0 Å². The molecule has 6 heteroatoms. The molecule has 188 valence electrons. The molecule has 2 N–H and O–H groups in total. The average molecular weight is 469 g/mol. The number of aromatic nitrogens is 2. The summed E-state index contributed by atoms with van der Waals surface area (Å²) in [6.07, 6.45) is 12.8. The zero-order chi connectivity index (χ0) is 24.8. The highest BCUT2D eigenvalue weighted by Crippen LogP contribution is 2.27. The lowest BCUT2D eigenvalue weighted by atomic mass is 10.1. The number of nitrogens with one attached hydrogen (secondary N) is 2. The molecule has 0 bridgehead atoms. The van der Waals surface area contributed by atoms with Crippen molar-refractivity contribution in [1.82, 2.24) is 15.1 Å². The van der Waals surface area contributed by atoms with E-state index in [1.807, 2.05) is 13.8 Å². The predicted octanol–water partition coefficient (Wildman–Crippen LogP) is 6.53. The van der Waals surface area contributed by atoms with E-state index < -0.39 is 0 Å². The number of fused-ring (bicyclic) bond motifs is 1. The van der Waals surface area contributed by atoms with Crippen LogP contribution in [0, 0.1) is 12.8 Å². The Labute approximate surface area is 206 Å². The van der Waals surface area contributed by atoms with Crippen molar-refractivity contribution in [3.8, 4) is 0 Å². The van der Waals surface area contributed by atoms with Gasteiger partial charge in [0.2, 0.25) is 0 Å². The number of aryl methyl sites for hydroxylation is 1. The van der Waals surface area contributed by atoms with Crippen LogP contribution >= 0.6 is 0 Å². The molecular formula is C28H44N4O2. The maximum atomic E-state index is 6.11. The topological polar surface area (TPSA) is 62.4 Å². The van der Waals surface area contributed by atoms with Crippen LogP contribution < -0.4 is 5.32 Å². The van der Waals surface area contributed by atoms with Crippen molar-refractivity contribution in [3.63, 3.8) is 0 Å². The van der Waals surface area contributed by atoms with E-state index in [1.54, 1.807) is 0 Å². The Morgan fingerprint density at radius 3 is 2.68 bits per heavy atom. The lowest BCUT2D eigenvalue weighted by Crippen LogP contribution is -2.38. The zero-order valence-electron chi connectivity index (χ0n) is 22.0. The number of anilines is 1. The third-order valence-corrected chi connectivity index (χ3v) is 5.59. The van der Waals surface area contributed by atoms with Gasteiger partial charge in [0.15, 0.2) is 5.88 Å². The lowest BCUT2D eigenvalue weighted by Gasteiger charge is -2.26. The molecule has 1 aromatic heterocycles. The number of morpholine rings is 1. The Hall–Kier alpha value is -2.57. The number of hydrogen-bond acceptors (Lipinski definition) is 5. The van der Waals surface area contributed by atoms with Crippen LogP contribution in [0.1, 0.15) is 58.7 Å². The molecule has 0 amide bonds. The summed E-state index contributed by atoms with van der Waals surface area (Å²) in [4.78, 5) is 2.38. The van der Waals surface area contributed by atoms with Gasteiger partial charge in [-0.25, -0.2) is 0 Å². The van der Waals surface area contributed by atoms with Crippen molar-refractivity contribution in [2.45, 2.75) is 54.4 Å². The largest absolute Gasteiger partial charge is 0.478 e. The normalized spacial score (nSPS) is 16.1. The van der Waals surface area contributed by atoms with Gasteiger partial charge in [0.25, 0.3) is 0 Å². The maximum Gasteiger partial charge on any atom is 0.186 e. The number of benzene rings is 1. The van der Waals surface area contributed by atoms with Gasteiger partial charge in [-0.05, 0) is 55.5 Å². The Morgan fingerprint density at radius 1 is 1.21 bits per heavy atom. The number of hydrogen-bond donors (Lipinski definition) is 2. The fourth-order valence-corrected chi connectivity index (χ4v) is 3.69. The molecular weight excluding hydrogens is 424 g/mol. The molecule has 0 radical (unpaired) electrons. The molecule has 1 unspecified atom stereocenters. The molecule has 3 rings (SSSR count). The van der Waals surface area contributed by atoms with Crippen molar-refractivity contribution in [2.24, 2.45) is 5.92 Å². The predicted molar refractivity (Wildman–Crippen MR) is 145 cm³/mol. The van der Waals surface area contributed by atoms with Gasteiger partial charge in [0, 0.05) is 30.7 Å². The minimum atomic E-state index is 0.378. The molecule has 1 aliphatic heterocycles. The summed E-state index contributed by atoms with van der Waals surface area (Å²) in [6, 6.07) is 4.30. The summed E-state index contributed by atoms with van der Waals surface area (Å²) in [5.74, 6) is 1.19. The summed E-state index contributed by atoms with van der Waals surface area (Å²) >= 11 is 0. The highest BCUT2D eigenvalue weighted by Gasteiger charge is 2.12. The first-order valence-corrected chi connectivity index (χ1v) is 12.8. The van der Waals surface area contributed by atoms with Crippen LogP contribution in [0.4, 0.5) is 5.69 Å². The number of H-pyrrole nitrogens is 1. The molecule has 34 heavy (non-hydrogen) atoms. The van der Waals surface area contributed by atoms with Gasteiger partial charge in [0.1, 0.15) is 6.61 Å². The smallest absolute Gasteiger partial charge is 0.186 e. The maximum absolute atomic E-state index is 6.11. The van der Waals surface area contributed by atoms with E-state index in [4.69, 9.17) is 9.47 Å². The third kappa shape index (κ3) is 8.65. The molecule has 1 fully saturated rings. The molecule has 1 aromatic carbocycles. The molecule has 6 nitrogen and oxygen atoms in total. The number of rotatable bonds is 11. The number of nitrogens with zero attached hydrogens (tertiary/aromatic N) is 2. The van der Waals surface area contributed by atoms with E-state index in [-0.39, 0.29) is 0 Å². The van der Waals surface area contributed by atoms with Crippen LogP contribution in [0.3, 0.4) is 0 Å². The van der Waals surface area contributed by atoms with E-state index in [9.17, 15) is 0 Å². The van der Waals surface area contributed by atoms with E-state index in [0.717, 1.165) is 79.4 Å². The van der Waals surface area contributed by atoms with Crippen LogP contribution in [0.2, 0.25) is 0 Å². The van der Waals surface area contributed by atoms with Crippen molar-refractivity contribution < 1.29 is 9.47 Å². The number of aromatic amines is 1. The van der Waals surface area contributed by atoms with Gasteiger partial charge in [-0.15, -0.1) is 0 Å². The first kappa shape index (κ1) is 27.7. The molecule has 0 aliphatic carbocycles. The van der Waals surface area contributed by atoms with E-state index in [1.165, 1.54) is 0 Å². The Kier molecular flexibility index (Phi) is 12.5. The first-order chi connectivity index (χ1) is 16.6. The molecule has 1 aliphatic rings. The standard InChI is InChI=1S/C26H38N4O2.C2H6/c1-5-7-9-20(3)10-11-23-22-19-24(21(4)18-25(22)29-28-23)27-26(8-6-2)32-17-14-30-12-15-31-16-13-30;1-2/h7-11,18-20,27H,5-6,12-17H2,1-4H3,(H,28,29);1-2H3/b9-7-,11-10+,26-8-;. The second-order valence-electron chi connectivity index (χ2n) is 8.28. The van der Waals surface area contributed by atoms with Crippen LogP contribution in [0.15, 0.2) is 42.3 Å². The van der Waals surface area contributed by atoms with Crippen LogP contribution in [0.25, 0.3) is 17.0 Å². The summed E-state index contributed by atoms with van der Waals surface area (Å²) < 4.78 is 11.5. The Balaban J connectivity index is 0.00000199. The van der Waals surface area contributed by atoms with Crippen LogP contribution in [-0.4, -0.2) is 54.6 Å². The lowest BCUT2D eigenvalue weighted by molar-refractivity contribution is 0.0277. The zero-order valence-corrected chi connectivity index (χ0v) is 22.0. The van der Waals surface area contributed by atoms with E-state index in [0.29, 0.717) is 12.5 Å². The Bertz CT molecular complexity index is 939. The first-order valence-electron chi connectivity index (χ1n) is 12.8. The van der Waals surface area contributed by atoms with Gasteiger partial charge in [-0.2, -0.15) is 5.10 Å². The minimum Gasteiger partial charge on any atom is -0.478 e. The minimum absolute atomic E-state index is 0.378. The van der Waals surface area contributed by atoms with Crippen molar-refractivity contribution in [2.75, 3.05) is 44.8 Å². The molecule has 1 saturated heterocycles. The fourth-order valence-electron chi connectivity index (χ4n) is 3.69. The second kappa shape index (κ2) is 15.4. The van der Waals surface area contributed by atoms with Gasteiger partial charge >= 0.3 is 0 Å². The molecule has 2 aromatic rings. The van der Waals surface area contributed by atoms with Gasteiger partial charge in [0.05, 0.1) is 24.4 Å². The van der Waals surface area contributed by atoms with E-state index >= 15 is 0 Å². The van der Waals surface area contributed by atoms with Gasteiger partial charge in [-0.1, -0.05) is 52.8 Å². The van der Waals surface area contributed by atoms with Gasteiger partial charge in [-0.3, -0.25) is 10.00 Å². The molecule has 2 heterocycles. The molecule has 0 spiro atoms. The third-order valence-electron chi connectivity index (χ3n) is 5.59. The van der Waals surface area contributed by atoms with E-state index in [2.05, 4.69) is 90.6 Å². The van der Waals surface area contributed by atoms with Crippen molar-refractivity contribution >= 4 is 22.7 Å². The monoisotopic (exact) mass is 468 g/mol. The molecule has 1 atom stereocenters. The quantitative estimate of drug-likeness (QED) is 0.290. The number of ether oxygens (including phenoxy) is 2. The summed E-state index contributed by atoms with van der Waals surface area (Å²) in [5, 5.41) is 12.3. The van der Waals surface area contributed by atoms with Crippen LogP contribution in [-0.2, 0) is 9.47 Å². The van der Waals surface area contributed by atoms with Crippen molar-refractivity contribution in [1.29, 1.82) is 0 Å². The highest BCUT2D eigenvalue weighted by atomic mass is 16.5. The number of allylic oxidation sites excluding steroid dienone is 4. The summed E-state index contributed by atoms with van der Waals surface area (Å²) in [6.45, 7) is 17.7. The van der Waals surface area contributed by atoms with Crippen molar-refractivity contribution in [3.05, 3.63) is 53.6 Å². The Morgan fingerprint density at radius 2 is 1.97 bits per heavy atom. The summed E-state index contributed by atoms with van der Waals surface area (Å²) in [7, 11) is 0.